The zero-order valence-electron chi connectivity index (χ0n) is 13.4. The molecule has 3 nitrogen and oxygen atoms in total. The third kappa shape index (κ3) is 3.46. The third-order valence-electron chi connectivity index (χ3n) is 4.67. The van der Waals surface area contributed by atoms with Gasteiger partial charge in [-0.25, -0.2) is 4.98 Å². The van der Waals surface area contributed by atoms with Crippen LogP contribution in [0.3, 0.4) is 0 Å². The highest BCUT2D eigenvalue weighted by Gasteiger charge is 2.20. The summed E-state index contributed by atoms with van der Waals surface area (Å²) in [5, 5.41) is 0. The molecule has 3 heteroatoms. The standard InChI is InChI=1S/C18H27N3/c1-15-14-20(2)13-10-16-8-9-17(19-18(15)16)21-11-6-4-3-5-7-12-21/h3-4,8-9,15H,5-7,10-14H2,1-2H3/b4-3-/t15-/m1/s1. The second-order valence-electron chi connectivity index (χ2n) is 6.52. The minimum Gasteiger partial charge on any atom is -0.356 e. The van der Waals surface area contributed by atoms with Crippen molar-refractivity contribution in [2.45, 2.75) is 38.5 Å². The van der Waals surface area contributed by atoms with Crippen LogP contribution in [0.25, 0.3) is 0 Å². The molecule has 2 aliphatic heterocycles. The van der Waals surface area contributed by atoms with Gasteiger partial charge in [0, 0.05) is 32.1 Å². The Bertz CT molecular complexity index is 509. The van der Waals surface area contributed by atoms with Crippen molar-refractivity contribution in [1.29, 1.82) is 0 Å². The first kappa shape index (κ1) is 14.6. The van der Waals surface area contributed by atoms with E-state index in [0.717, 1.165) is 39.0 Å². The molecule has 0 radical (unpaired) electrons. The third-order valence-corrected chi connectivity index (χ3v) is 4.67. The summed E-state index contributed by atoms with van der Waals surface area (Å²) < 4.78 is 0. The first-order valence-electron chi connectivity index (χ1n) is 8.32. The molecule has 0 N–H and O–H groups in total. The largest absolute Gasteiger partial charge is 0.356 e. The number of pyridine rings is 1. The lowest BCUT2D eigenvalue weighted by Gasteiger charge is -2.26. The van der Waals surface area contributed by atoms with Crippen molar-refractivity contribution in [2.75, 3.05) is 38.1 Å². The quantitative estimate of drug-likeness (QED) is 0.739. The van der Waals surface area contributed by atoms with Gasteiger partial charge in [-0.05, 0) is 44.4 Å². The molecule has 3 rings (SSSR count). The molecule has 0 aromatic carbocycles. The predicted octanol–water partition coefficient (Wildman–Crippen LogP) is 3.22. The van der Waals surface area contributed by atoms with E-state index in [0.29, 0.717) is 5.92 Å². The SMILES string of the molecule is C[C@@H]1CN(C)CCc2ccc(N3CC/C=C\CCC3)nc21. The summed E-state index contributed by atoms with van der Waals surface area (Å²) in [6.07, 6.45) is 9.33. The second-order valence-corrected chi connectivity index (χ2v) is 6.52. The second kappa shape index (κ2) is 6.61. The van der Waals surface area contributed by atoms with Crippen LogP contribution < -0.4 is 4.90 Å². The number of likely N-dealkylation sites (N-methyl/N-ethyl adjacent to an activating group) is 1. The fraction of sp³-hybridized carbons (Fsp3) is 0.611. The van der Waals surface area contributed by atoms with Crippen LogP contribution in [0, 0.1) is 0 Å². The van der Waals surface area contributed by atoms with Gasteiger partial charge in [0.25, 0.3) is 0 Å². The fourth-order valence-corrected chi connectivity index (χ4v) is 3.47. The number of nitrogens with zero attached hydrogens (tertiary/aromatic N) is 3. The van der Waals surface area contributed by atoms with Crippen molar-refractivity contribution in [3.63, 3.8) is 0 Å². The van der Waals surface area contributed by atoms with E-state index >= 15 is 0 Å². The number of anilines is 1. The smallest absolute Gasteiger partial charge is 0.128 e. The molecule has 1 aromatic heterocycles. The maximum atomic E-state index is 5.06. The predicted molar refractivity (Wildman–Crippen MR) is 89.1 cm³/mol. The summed E-state index contributed by atoms with van der Waals surface area (Å²) in [6.45, 7) is 6.80. The van der Waals surface area contributed by atoms with Crippen molar-refractivity contribution in [1.82, 2.24) is 9.88 Å². The molecule has 0 amide bonds. The van der Waals surface area contributed by atoms with Gasteiger partial charge in [-0.15, -0.1) is 0 Å². The highest BCUT2D eigenvalue weighted by atomic mass is 15.2. The van der Waals surface area contributed by atoms with Crippen LogP contribution in [0.1, 0.15) is 43.4 Å². The van der Waals surface area contributed by atoms with Crippen LogP contribution in [0.4, 0.5) is 5.82 Å². The fourth-order valence-electron chi connectivity index (χ4n) is 3.47. The molecule has 1 aromatic rings. The monoisotopic (exact) mass is 285 g/mol. The minimum absolute atomic E-state index is 0.530. The van der Waals surface area contributed by atoms with Crippen molar-refractivity contribution in [3.05, 3.63) is 35.5 Å². The Morgan fingerprint density at radius 3 is 2.86 bits per heavy atom. The van der Waals surface area contributed by atoms with E-state index in [2.05, 4.69) is 48.1 Å². The Kier molecular flexibility index (Phi) is 4.59. The van der Waals surface area contributed by atoms with Crippen LogP contribution in [-0.4, -0.2) is 43.1 Å². The van der Waals surface area contributed by atoms with Gasteiger partial charge in [-0.3, -0.25) is 0 Å². The van der Waals surface area contributed by atoms with Gasteiger partial charge in [0.1, 0.15) is 5.82 Å². The molecule has 0 spiro atoms. The number of fused-ring (bicyclic) bond motifs is 1. The van der Waals surface area contributed by atoms with E-state index in [1.807, 2.05) is 0 Å². The van der Waals surface area contributed by atoms with E-state index in [4.69, 9.17) is 4.98 Å². The lowest BCUT2D eigenvalue weighted by atomic mass is 10.0. The highest BCUT2D eigenvalue weighted by molar-refractivity contribution is 5.43. The number of rotatable bonds is 1. The van der Waals surface area contributed by atoms with Crippen LogP contribution in [-0.2, 0) is 6.42 Å². The van der Waals surface area contributed by atoms with Crippen molar-refractivity contribution in [2.24, 2.45) is 0 Å². The summed E-state index contributed by atoms with van der Waals surface area (Å²) >= 11 is 0. The number of allylic oxidation sites excluding steroid dienone is 1. The molecule has 0 bridgehead atoms. The summed E-state index contributed by atoms with van der Waals surface area (Å²) in [5.41, 5.74) is 2.77. The molecule has 0 fully saturated rings. The molecule has 0 aliphatic carbocycles. The highest BCUT2D eigenvalue weighted by Crippen LogP contribution is 2.26. The lowest BCUT2D eigenvalue weighted by Crippen LogP contribution is -2.27. The van der Waals surface area contributed by atoms with Gasteiger partial charge in [0.15, 0.2) is 0 Å². The van der Waals surface area contributed by atoms with Gasteiger partial charge >= 0.3 is 0 Å². The van der Waals surface area contributed by atoms with Gasteiger partial charge in [-0.2, -0.15) is 0 Å². The van der Waals surface area contributed by atoms with Crippen LogP contribution in [0.5, 0.6) is 0 Å². The lowest BCUT2D eigenvalue weighted by molar-refractivity contribution is 0.331. The topological polar surface area (TPSA) is 19.4 Å². The summed E-state index contributed by atoms with van der Waals surface area (Å²) in [7, 11) is 2.22. The van der Waals surface area contributed by atoms with E-state index in [-0.39, 0.29) is 0 Å². The van der Waals surface area contributed by atoms with Crippen molar-refractivity contribution in [3.8, 4) is 0 Å². The Morgan fingerprint density at radius 1 is 1.10 bits per heavy atom. The molecule has 0 unspecified atom stereocenters. The molecular weight excluding hydrogens is 258 g/mol. The van der Waals surface area contributed by atoms with E-state index in [1.54, 1.807) is 0 Å². The first-order chi connectivity index (χ1) is 10.2. The zero-order valence-corrected chi connectivity index (χ0v) is 13.4. The average Bonchev–Trinajstić information content (AvgIpc) is 2.58. The van der Waals surface area contributed by atoms with Crippen LogP contribution in [0.2, 0.25) is 0 Å². The molecule has 2 aliphatic rings. The molecule has 1 atom stereocenters. The maximum absolute atomic E-state index is 5.06. The van der Waals surface area contributed by atoms with Gasteiger partial charge in [0.2, 0.25) is 0 Å². The van der Waals surface area contributed by atoms with E-state index in [9.17, 15) is 0 Å². The Labute approximate surface area is 128 Å². The Balaban J connectivity index is 1.84. The first-order valence-corrected chi connectivity index (χ1v) is 8.32. The van der Waals surface area contributed by atoms with Crippen molar-refractivity contribution >= 4 is 5.82 Å². The average molecular weight is 285 g/mol. The Morgan fingerprint density at radius 2 is 1.95 bits per heavy atom. The summed E-state index contributed by atoms with van der Waals surface area (Å²) in [6, 6.07) is 4.56. The molecule has 0 saturated heterocycles. The van der Waals surface area contributed by atoms with Gasteiger partial charge in [0.05, 0.1) is 5.69 Å². The van der Waals surface area contributed by atoms with Crippen molar-refractivity contribution < 1.29 is 0 Å². The van der Waals surface area contributed by atoms with Gasteiger partial charge < -0.3 is 9.80 Å². The Hall–Kier alpha value is -1.35. The molecule has 3 heterocycles. The van der Waals surface area contributed by atoms with E-state index < -0.39 is 0 Å². The zero-order chi connectivity index (χ0) is 14.7. The molecule has 21 heavy (non-hydrogen) atoms. The maximum Gasteiger partial charge on any atom is 0.128 e. The number of hydrogen-bond donors (Lipinski definition) is 0. The number of hydrogen-bond acceptors (Lipinski definition) is 3. The normalized spacial score (nSPS) is 25.6. The molecule has 114 valence electrons. The van der Waals surface area contributed by atoms with E-state index in [1.165, 1.54) is 29.9 Å². The molecular formula is C18H27N3. The summed E-state index contributed by atoms with van der Waals surface area (Å²) in [4.78, 5) is 9.95. The summed E-state index contributed by atoms with van der Waals surface area (Å²) in [5.74, 6) is 1.71. The van der Waals surface area contributed by atoms with Crippen LogP contribution in [0.15, 0.2) is 24.3 Å². The van der Waals surface area contributed by atoms with Crippen LogP contribution >= 0.6 is 0 Å². The van der Waals surface area contributed by atoms with Gasteiger partial charge in [-0.1, -0.05) is 25.1 Å². The minimum atomic E-state index is 0.530. The number of aromatic nitrogens is 1. The molecule has 0 saturated carbocycles.